The van der Waals surface area contributed by atoms with E-state index in [2.05, 4.69) is 106 Å². The second kappa shape index (κ2) is 5.59. The number of hydrogen-bond donors (Lipinski definition) is 0. The first-order valence-electron chi connectivity index (χ1n) is 11.7. The Balaban J connectivity index is 1.79. The number of benzene rings is 3. The lowest BCUT2D eigenvalue weighted by Crippen LogP contribution is -2.54. The summed E-state index contributed by atoms with van der Waals surface area (Å²) in [7, 11) is 0. The van der Waals surface area contributed by atoms with E-state index in [0.29, 0.717) is 0 Å². The molecule has 1 atom stereocenters. The third-order valence-corrected chi connectivity index (χ3v) is 8.16. The summed E-state index contributed by atoms with van der Waals surface area (Å²) in [5.41, 5.74) is 11.3. The first-order chi connectivity index (χ1) is 15.3. The molecule has 3 aromatic carbocycles. The fourth-order valence-corrected chi connectivity index (χ4v) is 7.14. The van der Waals surface area contributed by atoms with Gasteiger partial charge in [-0.15, -0.1) is 0 Å². The van der Waals surface area contributed by atoms with Crippen molar-refractivity contribution in [3.05, 3.63) is 100 Å². The van der Waals surface area contributed by atoms with Crippen LogP contribution in [0.2, 0.25) is 0 Å². The molecule has 2 aliphatic carbocycles. The van der Waals surface area contributed by atoms with Crippen molar-refractivity contribution in [2.24, 2.45) is 0 Å². The van der Waals surface area contributed by atoms with Crippen molar-refractivity contribution in [3.63, 3.8) is 0 Å². The number of nitrogens with zero attached hydrogens (tertiary/aromatic N) is 1. The second-order valence-corrected chi connectivity index (χ2v) is 10.8. The minimum absolute atomic E-state index is 0.0642. The van der Waals surface area contributed by atoms with Crippen LogP contribution in [0.4, 0.5) is 0 Å². The molecule has 0 saturated carbocycles. The number of fused-ring (bicyclic) bond motifs is 4. The van der Waals surface area contributed by atoms with Crippen LogP contribution < -0.4 is 4.57 Å². The van der Waals surface area contributed by atoms with Gasteiger partial charge in [0.15, 0.2) is 6.20 Å². The molecule has 1 aromatic heterocycles. The van der Waals surface area contributed by atoms with Gasteiger partial charge in [0.2, 0.25) is 11.2 Å². The SMILES string of the molecule is CC1=CC2(CC(C)=C1)c1cc3ccccc3c3c1-c1c4c(cc(C)cc4cc[n+]12)C3(C)C. The number of pyridine rings is 1. The van der Waals surface area contributed by atoms with Gasteiger partial charge in [0.25, 0.3) is 0 Å². The molecule has 1 nitrogen and oxygen atoms in total. The van der Waals surface area contributed by atoms with Crippen molar-refractivity contribution in [1.29, 1.82) is 0 Å². The maximum atomic E-state index is 2.61. The largest absolute Gasteiger partial charge is 0.222 e. The zero-order valence-electron chi connectivity index (χ0n) is 19.5. The first kappa shape index (κ1) is 18.4. The molecule has 0 bridgehead atoms. The van der Waals surface area contributed by atoms with E-state index in [1.54, 1.807) is 0 Å². The van der Waals surface area contributed by atoms with Gasteiger partial charge in [-0.1, -0.05) is 67.5 Å². The molecular weight excluding hydrogens is 386 g/mol. The van der Waals surface area contributed by atoms with Gasteiger partial charge in [0.05, 0.1) is 10.9 Å². The molecule has 0 radical (unpaired) electrons. The molecule has 1 aliphatic heterocycles. The predicted molar refractivity (Wildman–Crippen MR) is 133 cm³/mol. The minimum atomic E-state index is -0.150. The van der Waals surface area contributed by atoms with Crippen LogP contribution in [0.5, 0.6) is 0 Å². The lowest BCUT2D eigenvalue weighted by Gasteiger charge is -2.34. The summed E-state index contributed by atoms with van der Waals surface area (Å²) in [6.07, 6.45) is 8.26. The van der Waals surface area contributed by atoms with Crippen LogP contribution in [0.15, 0.2) is 78.0 Å². The molecule has 1 unspecified atom stereocenters. The maximum Gasteiger partial charge on any atom is 0.222 e. The third kappa shape index (κ3) is 1.99. The number of allylic oxidation sites excluding steroid dienone is 4. The van der Waals surface area contributed by atoms with E-state index < -0.39 is 0 Å². The Bertz CT molecular complexity index is 1590. The molecule has 0 N–H and O–H groups in total. The molecule has 1 spiro atoms. The lowest BCUT2D eigenvalue weighted by atomic mass is 9.66. The number of rotatable bonds is 0. The van der Waals surface area contributed by atoms with Crippen molar-refractivity contribution in [3.8, 4) is 11.3 Å². The smallest absolute Gasteiger partial charge is 0.184 e. The highest BCUT2D eigenvalue weighted by atomic mass is 15.1. The van der Waals surface area contributed by atoms with Crippen LogP contribution in [0.25, 0.3) is 32.8 Å². The Morgan fingerprint density at radius 1 is 0.875 bits per heavy atom. The summed E-state index contributed by atoms with van der Waals surface area (Å²) < 4.78 is 2.61. The van der Waals surface area contributed by atoms with E-state index in [1.165, 1.54) is 66.2 Å². The van der Waals surface area contributed by atoms with E-state index in [1.807, 2.05) is 0 Å². The van der Waals surface area contributed by atoms with Gasteiger partial charge in [-0.25, -0.2) is 0 Å². The van der Waals surface area contributed by atoms with E-state index in [-0.39, 0.29) is 11.0 Å². The summed E-state index contributed by atoms with van der Waals surface area (Å²) in [6, 6.07) is 18.6. The molecule has 3 aliphatic rings. The Morgan fingerprint density at radius 3 is 2.50 bits per heavy atom. The summed E-state index contributed by atoms with van der Waals surface area (Å²) >= 11 is 0. The normalized spacial score (nSPS) is 21.9. The Morgan fingerprint density at radius 2 is 1.69 bits per heavy atom. The van der Waals surface area contributed by atoms with Crippen molar-refractivity contribution in [2.75, 3.05) is 0 Å². The van der Waals surface area contributed by atoms with Gasteiger partial charge < -0.3 is 0 Å². The van der Waals surface area contributed by atoms with Gasteiger partial charge in [-0.3, -0.25) is 0 Å². The van der Waals surface area contributed by atoms with E-state index in [0.717, 1.165) is 6.42 Å². The Kier molecular flexibility index (Phi) is 3.21. The Hall–Kier alpha value is -3.19. The van der Waals surface area contributed by atoms with Crippen LogP contribution >= 0.6 is 0 Å². The first-order valence-corrected chi connectivity index (χ1v) is 11.7. The molecule has 7 rings (SSSR count). The zero-order valence-corrected chi connectivity index (χ0v) is 19.5. The highest BCUT2D eigenvalue weighted by molar-refractivity contribution is 6.07. The summed E-state index contributed by atoms with van der Waals surface area (Å²) in [4.78, 5) is 0. The molecule has 4 aromatic rings. The van der Waals surface area contributed by atoms with Crippen LogP contribution in [0.3, 0.4) is 0 Å². The number of aryl methyl sites for hydroxylation is 1. The minimum Gasteiger partial charge on any atom is -0.184 e. The van der Waals surface area contributed by atoms with Crippen LogP contribution in [0.1, 0.15) is 56.4 Å². The van der Waals surface area contributed by atoms with Gasteiger partial charge in [-0.05, 0) is 65.8 Å². The summed E-state index contributed by atoms with van der Waals surface area (Å²) in [5, 5.41) is 5.56. The molecule has 156 valence electrons. The standard InChI is InChI=1S/C31H28N/c1-18-13-22-10-11-32-29-26(22)24(14-18)30(4,5)28-23-9-7-6-8-21(23)15-25(27(28)29)31(32)16-19(2)12-20(3)17-31/h6-16H,17H2,1-5H3/q+1. The average molecular weight is 415 g/mol. The van der Waals surface area contributed by atoms with E-state index in [4.69, 9.17) is 0 Å². The topological polar surface area (TPSA) is 3.88 Å². The van der Waals surface area contributed by atoms with Gasteiger partial charge >= 0.3 is 0 Å². The quantitative estimate of drug-likeness (QED) is 0.267. The lowest BCUT2D eigenvalue weighted by molar-refractivity contribution is -0.725. The second-order valence-electron chi connectivity index (χ2n) is 10.8. The summed E-state index contributed by atoms with van der Waals surface area (Å²) in [6.45, 7) is 11.6. The zero-order chi connectivity index (χ0) is 22.0. The monoisotopic (exact) mass is 414 g/mol. The average Bonchev–Trinajstić information content (AvgIpc) is 2.98. The molecule has 0 saturated heterocycles. The fraction of sp³-hybridized carbons (Fsp3) is 0.258. The van der Waals surface area contributed by atoms with Crippen molar-refractivity contribution in [2.45, 2.75) is 52.0 Å². The number of aromatic nitrogens is 1. The van der Waals surface area contributed by atoms with E-state index >= 15 is 0 Å². The highest BCUT2D eigenvalue weighted by Gasteiger charge is 2.55. The van der Waals surface area contributed by atoms with Crippen molar-refractivity contribution in [1.82, 2.24) is 0 Å². The van der Waals surface area contributed by atoms with Crippen LogP contribution in [-0.2, 0) is 11.0 Å². The molecule has 0 amide bonds. The summed E-state index contributed by atoms with van der Waals surface area (Å²) in [5.74, 6) is 0. The Labute approximate surface area is 189 Å². The van der Waals surface area contributed by atoms with Crippen molar-refractivity contribution >= 4 is 21.5 Å². The van der Waals surface area contributed by atoms with Gasteiger partial charge in [-0.2, -0.15) is 4.57 Å². The molecule has 2 heterocycles. The third-order valence-electron chi connectivity index (χ3n) is 8.16. The predicted octanol–water partition coefficient (Wildman–Crippen LogP) is 7.25. The highest BCUT2D eigenvalue weighted by Crippen LogP contribution is 2.57. The van der Waals surface area contributed by atoms with E-state index in [9.17, 15) is 0 Å². The van der Waals surface area contributed by atoms with Crippen LogP contribution in [0, 0.1) is 6.92 Å². The molecular formula is C31H28N+. The maximum absolute atomic E-state index is 2.61. The molecule has 32 heavy (non-hydrogen) atoms. The van der Waals surface area contributed by atoms with Gasteiger partial charge in [0, 0.05) is 23.5 Å². The van der Waals surface area contributed by atoms with Gasteiger partial charge in [0.1, 0.15) is 0 Å². The molecule has 1 heteroatoms. The number of hydrogen-bond acceptors (Lipinski definition) is 0. The van der Waals surface area contributed by atoms with Crippen molar-refractivity contribution < 1.29 is 4.57 Å². The molecule has 0 fully saturated rings. The van der Waals surface area contributed by atoms with Crippen LogP contribution in [-0.4, -0.2) is 0 Å². The fourth-order valence-electron chi connectivity index (χ4n) is 7.14.